The average molecular weight is 325 g/mol. The summed E-state index contributed by atoms with van der Waals surface area (Å²) in [6, 6.07) is 8.59. The third-order valence-corrected chi connectivity index (χ3v) is 3.95. The quantitative estimate of drug-likeness (QED) is 0.843. The maximum atomic E-state index is 12.6. The molecule has 0 saturated carbocycles. The Balaban J connectivity index is 2.08. The number of benzene rings is 2. The number of aryl methyl sites for hydroxylation is 1. The molecule has 122 valence electrons. The average Bonchev–Trinajstić information content (AvgIpc) is 2.80. The van der Waals surface area contributed by atoms with Gasteiger partial charge < -0.3 is 10.2 Å². The molecular weight excluding hydrogens is 310 g/mol. The largest absolute Gasteiger partial charge is 0.506 e. The normalized spacial score (nSPS) is 13.3. The Labute approximate surface area is 138 Å². The second-order valence-electron chi connectivity index (χ2n) is 5.58. The first kappa shape index (κ1) is 15.7. The molecule has 2 aromatic carbocycles. The van der Waals surface area contributed by atoms with Crippen molar-refractivity contribution in [1.82, 2.24) is 0 Å². The van der Waals surface area contributed by atoms with Gasteiger partial charge in [-0.1, -0.05) is 19.4 Å². The van der Waals surface area contributed by atoms with Crippen LogP contribution in [0.1, 0.15) is 50.0 Å². The number of anilines is 1. The number of rotatable bonds is 4. The predicted molar refractivity (Wildman–Crippen MR) is 86.6 cm³/mol. The number of phenolic OH excluding ortho intramolecular Hbond substituents is 1. The number of carboxylic acids is 1. The maximum Gasteiger partial charge on any atom is 0.335 e. The number of carboxylic acid groups (broad SMARTS) is 1. The van der Waals surface area contributed by atoms with Crippen LogP contribution in [0.4, 0.5) is 5.69 Å². The molecular formula is C18H15NO5. The molecule has 6 nitrogen and oxygen atoms in total. The molecule has 0 spiro atoms. The van der Waals surface area contributed by atoms with Crippen molar-refractivity contribution in [3.63, 3.8) is 0 Å². The summed E-state index contributed by atoms with van der Waals surface area (Å²) in [6.45, 7) is 2.00. The SMILES string of the molecule is CCCc1ccc(O)c(N2C(=O)c3ccc(C(=O)O)cc3C2=O)c1. The van der Waals surface area contributed by atoms with Gasteiger partial charge in [0.2, 0.25) is 0 Å². The minimum Gasteiger partial charge on any atom is -0.506 e. The number of hydrogen-bond donors (Lipinski definition) is 2. The Morgan fingerprint density at radius 3 is 2.42 bits per heavy atom. The van der Waals surface area contributed by atoms with E-state index in [0.29, 0.717) is 0 Å². The lowest BCUT2D eigenvalue weighted by molar-refractivity contribution is 0.0696. The fraction of sp³-hybridized carbons (Fsp3) is 0.167. The zero-order chi connectivity index (χ0) is 17.4. The van der Waals surface area contributed by atoms with Crippen LogP contribution >= 0.6 is 0 Å². The van der Waals surface area contributed by atoms with Gasteiger partial charge in [0.05, 0.1) is 22.4 Å². The topological polar surface area (TPSA) is 94.9 Å². The first-order valence-electron chi connectivity index (χ1n) is 7.52. The highest BCUT2D eigenvalue weighted by molar-refractivity contribution is 6.35. The van der Waals surface area contributed by atoms with Crippen LogP contribution in [-0.4, -0.2) is 28.0 Å². The summed E-state index contributed by atoms with van der Waals surface area (Å²) in [5, 5.41) is 19.1. The number of carbonyl (C=O) groups excluding carboxylic acids is 2. The molecule has 1 heterocycles. The van der Waals surface area contributed by atoms with Crippen molar-refractivity contribution in [3.05, 3.63) is 58.7 Å². The number of fused-ring (bicyclic) bond motifs is 1. The first-order chi connectivity index (χ1) is 11.4. The first-order valence-corrected chi connectivity index (χ1v) is 7.52. The Morgan fingerprint density at radius 2 is 1.75 bits per heavy atom. The molecule has 1 aliphatic heterocycles. The van der Waals surface area contributed by atoms with E-state index < -0.39 is 17.8 Å². The van der Waals surface area contributed by atoms with Crippen LogP contribution in [0.5, 0.6) is 5.75 Å². The lowest BCUT2D eigenvalue weighted by Gasteiger charge is -2.16. The lowest BCUT2D eigenvalue weighted by atomic mass is 10.1. The van der Waals surface area contributed by atoms with Crippen molar-refractivity contribution in [2.75, 3.05) is 4.90 Å². The van der Waals surface area contributed by atoms with Gasteiger partial charge >= 0.3 is 5.97 Å². The number of carbonyl (C=O) groups is 3. The summed E-state index contributed by atoms with van der Waals surface area (Å²) in [5.74, 6) is -2.56. The van der Waals surface area contributed by atoms with Crippen LogP contribution in [0.3, 0.4) is 0 Å². The highest BCUT2D eigenvalue weighted by Gasteiger charge is 2.38. The molecule has 0 unspecified atom stereocenters. The molecule has 3 rings (SSSR count). The molecule has 2 aromatic rings. The molecule has 2 N–H and O–H groups in total. The van der Waals surface area contributed by atoms with Crippen molar-refractivity contribution >= 4 is 23.5 Å². The molecule has 0 aliphatic carbocycles. The zero-order valence-electron chi connectivity index (χ0n) is 12.9. The van der Waals surface area contributed by atoms with Crippen LogP contribution in [0.2, 0.25) is 0 Å². The van der Waals surface area contributed by atoms with Crippen molar-refractivity contribution in [2.24, 2.45) is 0 Å². The molecule has 2 amide bonds. The smallest absolute Gasteiger partial charge is 0.335 e. The van der Waals surface area contributed by atoms with Gasteiger partial charge in [-0.3, -0.25) is 9.59 Å². The Morgan fingerprint density at radius 1 is 1.04 bits per heavy atom. The van der Waals surface area contributed by atoms with Crippen LogP contribution in [-0.2, 0) is 6.42 Å². The van der Waals surface area contributed by atoms with Gasteiger partial charge in [-0.15, -0.1) is 0 Å². The van der Waals surface area contributed by atoms with Gasteiger partial charge in [-0.25, -0.2) is 9.69 Å². The molecule has 0 atom stereocenters. The minimum atomic E-state index is -1.18. The summed E-state index contributed by atoms with van der Waals surface area (Å²) in [7, 11) is 0. The van der Waals surface area contributed by atoms with Gasteiger partial charge in [0.25, 0.3) is 11.8 Å². The molecule has 24 heavy (non-hydrogen) atoms. The minimum absolute atomic E-state index is 0.0280. The van der Waals surface area contributed by atoms with E-state index in [-0.39, 0.29) is 28.1 Å². The summed E-state index contributed by atoms with van der Waals surface area (Å²) in [5.41, 5.74) is 1.10. The predicted octanol–water partition coefficient (Wildman–Crippen LogP) is 2.84. The monoisotopic (exact) mass is 325 g/mol. The van der Waals surface area contributed by atoms with Crippen LogP contribution in [0, 0.1) is 0 Å². The summed E-state index contributed by atoms with van der Waals surface area (Å²) in [6.07, 6.45) is 1.63. The van der Waals surface area contributed by atoms with E-state index in [4.69, 9.17) is 5.11 Å². The van der Waals surface area contributed by atoms with E-state index in [1.165, 1.54) is 24.3 Å². The molecule has 0 bridgehead atoms. The third kappa shape index (κ3) is 2.42. The van der Waals surface area contributed by atoms with E-state index in [0.717, 1.165) is 23.3 Å². The number of aromatic carboxylic acids is 1. The van der Waals surface area contributed by atoms with Crippen molar-refractivity contribution in [2.45, 2.75) is 19.8 Å². The highest BCUT2D eigenvalue weighted by Crippen LogP contribution is 2.35. The van der Waals surface area contributed by atoms with Crippen molar-refractivity contribution in [3.8, 4) is 5.75 Å². The molecule has 0 aromatic heterocycles. The van der Waals surface area contributed by atoms with E-state index in [9.17, 15) is 19.5 Å². The number of imide groups is 1. The summed E-state index contributed by atoms with van der Waals surface area (Å²) < 4.78 is 0. The van der Waals surface area contributed by atoms with E-state index in [2.05, 4.69) is 0 Å². The van der Waals surface area contributed by atoms with Crippen molar-refractivity contribution in [1.29, 1.82) is 0 Å². The van der Waals surface area contributed by atoms with Crippen LogP contribution < -0.4 is 4.90 Å². The van der Waals surface area contributed by atoms with E-state index in [1.54, 1.807) is 12.1 Å². The van der Waals surface area contributed by atoms with E-state index >= 15 is 0 Å². The number of amides is 2. The van der Waals surface area contributed by atoms with Gasteiger partial charge in [0.1, 0.15) is 5.75 Å². The van der Waals surface area contributed by atoms with Gasteiger partial charge in [-0.2, -0.15) is 0 Å². The van der Waals surface area contributed by atoms with Crippen LogP contribution in [0.25, 0.3) is 0 Å². The number of aromatic hydroxyl groups is 1. The molecule has 0 fully saturated rings. The molecule has 0 radical (unpaired) electrons. The molecule has 0 saturated heterocycles. The number of nitrogens with zero attached hydrogens (tertiary/aromatic N) is 1. The summed E-state index contributed by atoms with van der Waals surface area (Å²) >= 11 is 0. The van der Waals surface area contributed by atoms with Crippen LogP contribution in [0.15, 0.2) is 36.4 Å². The fourth-order valence-corrected chi connectivity index (χ4v) is 2.78. The number of phenols is 1. The standard InChI is InChI=1S/C18H15NO5/c1-2-3-10-4-7-15(20)14(8-10)19-16(21)12-6-5-11(18(23)24)9-13(12)17(19)22/h4-9,20H,2-3H2,1H3,(H,23,24). The second kappa shape index (κ2) is 5.81. The fourth-order valence-electron chi connectivity index (χ4n) is 2.78. The molecule has 6 heteroatoms. The van der Waals surface area contributed by atoms with Gasteiger partial charge in [-0.05, 0) is 42.3 Å². The number of hydrogen-bond acceptors (Lipinski definition) is 4. The Bertz CT molecular complexity index is 872. The van der Waals surface area contributed by atoms with Gasteiger partial charge in [0.15, 0.2) is 0 Å². The molecule has 1 aliphatic rings. The van der Waals surface area contributed by atoms with Crippen molar-refractivity contribution < 1.29 is 24.6 Å². The Kier molecular flexibility index (Phi) is 3.81. The van der Waals surface area contributed by atoms with E-state index in [1.807, 2.05) is 6.92 Å². The van der Waals surface area contributed by atoms with Gasteiger partial charge in [0, 0.05) is 0 Å². The second-order valence-corrected chi connectivity index (χ2v) is 5.58. The Hall–Kier alpha value is -3.15. The highest BCUT2D eigenvalue weighted by atomic mass is 16.4. The maximum absolute atomic E-state index is 12.6. The zero-order valence-corrected chi connectivity index (χ0v) is 12.9. The lowest BCUT2D eigenvalue weighted by Crippen LogP contribution is -2.29. The third-order valence-electron chi connectivity index (χ3n) is 3.95. The summed E-state index contributed by atoms with van der Waals surface area (Å²) in [4.78, 5) is 37.1.